The van der Waals surface area contributed by atoms with Crippen LogP contribution >= 0.6 is 8.58 Å². The van der Waals surface area contributed by atoms with Gasteiger partial charge in [0.1, 0.15) is 0 Å². The van der Waals surface area contributed by atoms with E-state index in [0.717, 1.165) is 17.6 Å². The van der Waals surface area contributed by atoms with Crippen molar-refractivity contribution in [1.29, 1.82) is 0 Å². The molecule has 1 rings (SSSR count). The van der Waals surface area contributed by atoms with Crippen LogP contribution in [-0.2, 0) is 9.59 Å². The zero-order valence-electron chi connectivity index (χ0n) is 12.4. The van der Waals surface area contributed by atoms with Crippen LogP contribution in [0.2, 0.25) is 0 Å². The molecule has 0 spiro atoms. The normalized spacial score (nSPS) is 16.8. The van der Waals surface area contributed by atoms with Crippen molar-refractivity contribution in [3.8, 4) is 0 Å². The molecule has 11 heteroatoms. The van der Waals surface area contributed by atoms with Crippen molar-refractivity contribution in [2.75, 3.05) is 13.2 Å². The molecule has 1 aliphatic heterocycles. The number of hydrogen-bond acceptors (Lipinski definition) is 2. The van der Waals surface area contributed by atoms with Gasteiger partial charge in [0.2, 0.25) is 5.91 Å². The molecule has 22 heavy (non-hydrogen) atoms. The zero-order valence-corrected chi connectivity index (χ0v) is 13.4. The molecule has 2 amide bonds. The second kappa shape index (κ2) is 17.9. The van der Waals surface area contributed by atoms with Crippen LogP contribution in [0.1, 0.15) is 27.2 Å². The molecule has 1 heterocycles. The number of rotatable bonds is 3. The molecule has 2 atom stereocenters. The Bertz CT molecular complexity index is 342. The van der Waals surface area contributed by atoms with E-state index in [0.29, 0.717) is 15.1 Å². The van der Waals surface area contributed by atoms with Gasteiger partial charge in [0.25, 0.3) is 5.91 Å². The highest BCUT2D eigenvalue weighted by Crippen LogP contribution is 2.33. The molecular weight excluding hydrogens is 342 g/mol. The Hall–Kier alpha value is -1.18. The quantitative estimate of drug-likeness (QED) is 0.423. The van der Waals surface area contributed by atoms with E-state index < -0.39 is 0 Å². The standard InChI is InChI=1S/C11H18NO2P.3F2.FH/c1-5-8-7(3)10(13)12(6-2)11(14)9(8)15-4;3*1-2;/h9,15H,5-6H2,1-4H3;;;;1H. The van der Waals surface area contributed by atoms with Crippen LogP contribution in [0.25, 0.3) is 0 Å². The summed E-state index contributed by atoms with van der Waals surface area (Å²) in [4.78, 5) is 25.2. The van der Waals surface area contributed by atoms with Gasteiger partial charge in [-0.1, -0.05) is 6.92 Å². The van der Waals surface area contributed by atoms with Crippen molar-refractivity contribution in [2.45, 2.75) is 32.9 Å². The van der Waals surface area contributed by atoms with Crippen LogP contribution in [0.3, 0.4) is 0 Å². The smallest absolute Gasteiger partial charge is 0.256 e. The van der Waals surface area contributed by atoms with Crippen molar-refractivity contribution >= 4 is 20.4 Å². The first kappa shape index (κ1) is 28.9. The number of carbonyl (C=O) groups is 2. The second-order valence-corrected chi connectivity index (χ2v) is 4.77. The molecule has 0 radical (unpaired) electrons. The van der Waals surface area contributed by atoms with E-state index in [2.05, 4.69) is 0 Å². The Morgan fingerprint density at radius 3 is 1.73 bits per heavy atom. The number of likely N-dealkylation sites (N-methyl/N-ethyl adjacent to an activating group) is 1. The number of nitrogens with zero attached hydrogens (tertiary/aromatic N) is 1. The molecule has 3 nitrogen and oxygen atoms in total. The lowest BCUT2D eigenvalue weighted by atomic mass is 9.97. The SMILES string of the molecule is CCC1=C(C)C(=O)N(CC)C(=O)C1PC.F.FF.FF.FF. The first-order valence-corrected chi connectivity index (χ1v) is 7.31. The Morgan fingerprint density at radius 2 is 1.45 bits per heavy atom. The predicted octanol–water partition coefficient (Wildman–Crippen LogP) is 4.45. The van der Waals surface area contributed by atoms with Crippen LogP contribution in [0, 0.1) is 0 Å². The fraction of sp³-hybridized carbons (Fsp3) is 0.636. The topological polar surface area (TPSA) is 37.4 Å². The first-order chi connectivity index (χ1) is 10.1. The van der Waals surface area contributed by atoms with Gasteiger partial charge < -0.3 is 0 Å². The molecule has 1 aliphatic rings. The van der Waals surface area contributed by atoms with Crippen LogP contribution in [0.4, 0.5) is 32.1 Å². The number of halogens is 7. The van der Waals surface area contributed by atoms with Gasteiger partial charge in [-0.15, -0.1) is 8.58 Å². The summed E-state index contributed by atoms with van der Waals surface area (Å²) in [7, 11) is 0.538. The number of imide groups is 1. The lowest BCUT2D eigenvalue weighted by Crippen LogP contribution is -2.47. The van der Waals surface area contributed by atoms with Crippen LogP contribution in [0.5, 0.6) is 0 Å². The minimum Gasteiger partial charge on any atom is -0.278 e. The van der Waals surface area contributed by atoms with Crippen molar-refractivity contribution in [2.24, 2.45) is 0 Å². The Kier molecular flexibility index (Phi) is 23.5. The number of carbonyl (C=O) groups excluding carboxylic acids is 2. The van der Waals surface area contributed by atoms with Gasteiger partial charge in [0.15, 0.2) is 0 Å². The molecule has 0 aliphatic carbocycles. The summed E-state index contributed by atoms with van der Waals surface area (Å²) in [6.45, 7) is 8.19. The lowest BCUT2D eigenvalue weighted by molar-refractivity contribution is -0.142. The monoisotopic (exact) mass is 361 g/mol. The Morgan fingerprint density at radius 1 is 1.05 bits per heavy atom. The van der Waals surface area contributed by atoms with Gasteiger partial charge in [-0.05, 0) is 32.5 Å². The molecule has 0 aromatic heterocycles. The van der Waals surface area contributed by atoms with Crippen molar-refractivity contribution in [3.05, 3.63) is 11.1 Å². The Balaban J connectivity index is -0.000000206. The molecule has 0 aromatic carbocycles. The van der Waals surface area contributed by atoms with Crippen LogP contribution in [-0.4, -0.2) is 35.6 Å². The summed E-state index contributed by atoms with van der Waals surface area (Å²) in [5.41, 5.74) is 1.77. The molecule has 0 N–H and O–H groups in total. The summed E-state index contributed by atoms with van der Waals surface area (Å²) < 4.78 is 48.0. The maximum Gasteiger partial charge on any atom is 0.256 e. The minimum atomic E-state index is -0.103. The number of hydrogen-bond donors (Lipinski definition) is 0. The fourth-order valence-electron chi connectivity index (χ4n) is 2.03. The maximum absolute atomic E-state index is 12.0. The van der Waals surface area contributed by atoms with Crippen LogP contribution < -0.4 is 0 Å². The average Bonchev–Trinajstić information content (AvgIpc) is 2.56. The van der Waals surface area contributed by atoms with Gasteiger partial charge in [-0.25, -0.2) is 0 Å². The maximum atomic E-state index is 12.0. The molecule has 0 saturated heterocycles. The zero-order chi connectivity index (χ0) is 17.6. The summed E-state index contributed by atoms with van der Waals surface area (Å²) >= 11 is 0. The Labute approximate surface area is 125 Å². The fourth-order valence-corrected chi connectivity index (χ4v) is 3.20. The highest BCUT2D eigenvalue weighted by Gasteiger charge is 2.36. The van der Waals surface area contributed by atoms with Gasteiger partial charge >= 0.3 is 0 Å². The molecular formula is C11H19F7NO2P. The van der Waals surface area contributed by atoms with E-state index in [1.165, 1.54) is 4.90 Å². The summed E-state index contributed by atoms with van der Waals surface area (Å²) in [6, 6.07) is 0. The molecule has 2 unspecified atom stereocenters. The van der Waals surface area contributed by atoms with Gasteiger partial charge in [-0.2, -0.15) is 0 Å². The predicted molar refractivity (Wildman–Crippen MR) is 72.6 cm³/mol. The highest BCUT2D eigenvalue weighted by atomic mass is 31.1. The largest absolute Gasteiger partial charge is 0.278 e. The first-order valence-electron chi connectivity index (χ1n) is 5.73. The third-order valence-electron chi connectivity index (χ3n) is 2.89. The van der Waals surface area contributed by atoms with E-state index in [1.807, 2.05) is 27.4 Å². The van der Waals surface area contributed by atoms with E-state index in [9.17, 15) is 9.59 Å². The van der Waals surface area contributed by atoms with Crippen molar-refractivity contribution in [3.63, 3.8) is 0 Å². The third kappa shape index (κ3) is 7.20. The van der Waals surface area contributed by atoms with Gasteiger partial charge in [0, 0.05) is 39.6 Å². The van der Waals surface area contributed by atoms with Gasteiger partial charge in [-0.3, -0.25) is 19.2 Å². The van der Waals surface area contributed by atoms with Crippen molar-refractivity contribution in [1.82, 2.24) is 4.90 Å². The number of amides is 2. The van der Waals surface area contributed by atoms with E-state index in [4.69, 9.17) is 27.4 Å². The van der Waals surface area contributed by atoms with Gasteiger partial charge in [0.05, 0.1) is 5.66 Å². The van der Waals surface area contributed by atoms with E-state index in [1.54, 1.807) is 0 Å². The summed E-state index contributed by atoms with van der Waals surface area (Å²) in [5.74, 6) is -0.111. The molecule has 134 valence electrons. The molecule has 0 saturated carbocycles. The molecule has 0 fully saturated rings. The average molecular weight is 361 g/mol. The highest BCUT2D eigenvalue weighted by molar-refractivity contribution is 7.39. The second-order valence-electron chi connectivity index (χ2n) is 3.61. The summed E-state index contributed by atoms with van der Waals surface area (Å²) in [6.07, 6.45) is 0.798. The lowest BCUT2D eigenvalue weighted by Gasteiger charge is -2.32. The summed E-state index contributed by atoms with van der Waals surface area (Å²) in [5, 5.41) is 0. The van der Waals surface area contributed by atoms with E-state index in [-0.39, 0.29) is 22.2 Å². The van der Waals surface area contributed by atoms with Crippen LogP contribution in [0.15, 0.2) is 11.1 Å². The molecule has 0 bridgehead atoms. The van der Waals surface area contributed by atoms with Crippen molar-refractivity contribution < 1.29 is 41.7 Å². The third-order valence-corrected chi connectivity index (χ3v) is 4.07. The minimum absolute atomic E-state index is 0. The molecule has 0 aromatic rings. The van der Waals surface area contributed by atoms with E-state index >= 15 is 0 Å².